The summed E-state index contributed by atoms with van der Waals surface area (Å²) < 4.78 is 0. The molecule has 9 nitrogen and oxygen atoms in total. The molecule has 1 unspecified atom stereocenters. The number of aliphatic hydroxyl groups excluding tert-OH is 1. The number of carboxylic acids is 1. The minimum atomic E-state index is -1.63. The van der Waals surface area contributed by atoms with Crippen LogP contribution in [0.25, 0.3) is 6.08 Å². The summed E-state index contributed by atoms with van der Waals surface area (Å²) >= 11 is 0. The topological polar surface area (TPSA) is 127 Å². The Hall–Kier alpha value is -4.76. The molecule has 1 fully saturated rings. The summed E-state index contributed by atoms with van der Waals surface area (Å²) in [5.74, 6) is -2.34. The zero-order chi connectivity index (χ0) is 37.6. The highest BCUT2D eigenvalue weighted by Gasteiger charge is 2.48. The second kappa shape index (κ2) is 18.9. The molecule has 270 valence electrons. The van der Waals surface area contributed by atoms with E-state index in [1.165, 1.54) is 18.2 Å². The number of para-hydroxylation sites is 1. The van der Waals surface area contributed by atoms with Crippen LogP contribution in [0.2, 0.25) is 0 Å². The molecule has 3 aromatic carbocycles. The number of aliphatic hydroxyl groups is 1. The summed E-state index contributed by atoms with van der Waals surface area (Å²) in [4.78, 5) is 56.3. The number of rotatable bonds is 10. The second-order valence-electron chi connectivity index (χ2n) is 13.6. The van der Waals surface area contributed by atoms with Crippen molar-refractivity contribution in [2.75, 3.05) is 11.4 Å². The molecule has 0 radical (unpaired) electrons. The lowest BCUT2D eigenvalue weighted by molar-refractivity contribution is -0.147. The molecular formula is C41H55N3O6. The van der Waals surface area contributed by atoms with E-state index in [1.54, 1.807) is 28.0 Å². The van der Waals surface area contributed by atoms with Gasteiger partial charge in [0.1, 0.15) is 12.1 Å². The van der Waals surface area contributed by atoms with E-state index in [9.17, 15) is 24.3 Å². The number of likely N-dealkylation sites (tertiary alicyclic amines) is 1. The Kier molecular flexibility index (Phi) is 15.6. The first-order valence-electron chi connectivity index (χ1n) is 17.4. The average Bonchev–Trinajstić information content (AvgIpc) is 3.45. The zero-order valence-electron chi connectivity index (χ0n) is 31.0. The molecule has 3 atom stereocenters. The number of carboxylic acid groups (broad SMARTS) is 1. The molecule has 4 rings (SSSR count). The first kappa shape index (κ1) is 41.4. The monoisotopic (exact) mass is 685 g/mol. The molecular weight excluding hydrogens is 630 g/mol. The Balaban J connectivity index is 0.00000209. The maximum Gasteiger partial charge on any atom is 0.337 e. The van der Waals surface area contributed by atoms with Gasteiger partial charge in [-0.25, -0.2) is 4.79 Å². The maximum absolute atomic E-state index is 14.4. The highest BCUT2D eigenvalue weighted by Crippen LogP contribution is 2.37. The van der Waals surface area contributed by atoms with E-state index in [4.69, 9.17) is 5.11 Å². The highest BCUT2D eigenvalue weighted by molar-refractivity contribution is 6.01. The number of hydrogen-bond acceptors (Lipinski definition) is 5. The van der Waals surface area contributed by atoms with E-state index >= 15 is 0 Å². The molecule has 3 amide bonds. The number of carbonyl (C=O) groups excluding carboxylic acids is 3. The molecule has 0 aliphatic carbocycles. The van der Waals surface area contributed by atoms with Gasteiger partial charge in [0.25, 0.3) is 0 Å². The lowest BCUT2D eigenvalue weighted by Gasteiger charge is -2.36. The van der Waals surface area contributed by atoms with Crippen LogP contribution in [0.5, 0.6) is 0 Å². The van der Waals surface area contributed by atoms with E-state index in [0.717, 1.165) is 11.3 Å². The van der Waals surface area contributed by atoms with Crippen LogP contribution in [0.3, 0.4) is 0 Å². The molecule has 0 bridgehead atoms. The van der Waals surface area contributed by atoms with E-state index in [2.05, 4.69) is 5.32 Å². The van der Waals surface area contributed by atoms with Crippen molar-refractivity contribution in [2.45, 2.75) is 93.5 Å². The summed E-state index contributed by atoms with van der Waals surface area (Å²) in [5.41, 5.74) is 1.55. The number of anilines is 1. The van der Waals surface area contributed by atoms with Crippen molar-refractivity contribution >= 4 is 35.5 Å². The van der Waals surface area contributed by atoms with Gasteiger partial charge in [0.2, 0.25) is 17.7 Å². The Morgan fingerprint density at radius 1 is 0.900 bits per heavy atom. The summed E-state index contributed by atoms with van der Waals surface area (Å²) in [6, 6.07) is 23.7. The van der Waals surface area contributed by atoms with E-state index in [0.29, 0.717) is 25.1 Å². The molecule has 3 N–H and O–H groups in total. The fourth-order valence-electron chi connectivity index (χ4n) is 5.68. The summed E-state index contributed by atoms with van der Waals surface area (Å²) in [6.45, 7) is 18.4. The molecule has 0 spiro atoms. The number of benzene rings is 3. The van der Waals surface area contributed by atoms with Gasteiger partial charge in [0.15, 0.2) is 6.10 Å². The molecule has 1 heterocycles. The fraction of sp³-hybridized carbons (Fsp3) is 0.415. The molecule has 9 heteroatoms. The molecule has 0 aromatic heterocycles. The van der Waals surface area contributed by atoms with Gasteiger partial charge in [-0.2, -0.15) is 0 Å². The first-order chi connectivity index (χ1) is 23.7. The van der Waals surface area contributed by atoms with Crippen molar-refractivity contribution in [3.8, 4) is 0 Å². The number of amides is 3. The largest absolute Gasteiger partial charge is 0.479 e. The van der Waals surface area contributed by atoms with Crippen LogP contribution in [-0.2, 0) is 25.7 Å². The lowest BCUT2D eigenvalue weighted by Crippen LogP contribution is -2.58. The van der Waals surface area contributed by atoms with Crippen LogP contribution in [0.15, 0.2) is 91.0 Å². The van der Waals surface area contributed by atoms with Crippen LogP contribution >= 0.6 is 0 Å². The molecule has 1 aliphatic heterocycles. The van der Waals surface area contributed by atoms with Crippen molar-refractivity contribution in [3.05, 3.63) is 108 Å². The standard InChI is InChI=1S/C37H43N3O6.2C2H6/c1-36(2,3)32(38-30(41)21-18-25-16-19-27(20-17-25)31(42)35(45)46)34(44)40-24-37(4,5)22-29(40)33(43)39(28-14-10-7-11-15-28)23-26-12-8-6-9-13-26;2*1-2/h6-21,29,31-32,42H,22-24H2,1-5H3,(H,38,41)(H,45,46);2*1-2H3/b21-18+;;/t29-,31?,32+;;/m0../s1. The SMILES string of the molecule is CC.CC.CC1(C)C[C@@H](C(=O)N(Cc2ccccc2)c2ccccc2)N(C(=O)[C@@H](NC(=O)/C=C/c2ccc(C(O)C(=O)O)cc2)C(C)(C)C)C1. The first-order valence-corrected chi connectivity index (χ1v) is 17.4. The van der Waals surface area contributed by atoms with Gasteiger partial charge in [-0.3, -0.25) is 14.4 Å². The minimum absolute atomic E-state index is 0.177. The Bertz CT molecular complexity index is 1560. The number of aliphatic carboxylic acids is 1. The van der Waals surface area contributed by atoms with Crippen LogP contribution in [0.4, 0.5) is 5.69 Å². The predicted octanol–water partition coefficient (Wildman–Crippen LogP) is 7.26. The minimum Gasteiger partial charge on any atom is -0.479 e. The Labute approximate surface area is 298 Å². The van der Waals surface area contributed by atoms with Crippen molar-refractivity contribution in [1.29, 1.82) is 0 Å². The number of nitrogens with zero attached hydrogens (tertiary/aromatic N) is 2. The third-order valence-corrected chi connectivity index (χ3v) is 8.12. The van der Waals surface area contributed by atoms with Gasteiger partial charge in [0, 0.05) is 18.3 Å². The van der Waals surface area contributed by atoms with Crippen molar-refractivity contribution in [1.82, 2.24) is 10.2 Å². The van der Waals surface area contributed by atoms with Crippen molar-refractivity contribution in [2.24, 2.45) is 10.8 Å². The van der Waals surface area contributed by atoms with Gasteiger partial charge < -0.3 is 25.3 Å². The third kappa shape index (κ3) is 11.4. The van der Waals surface area contributed by atoms with Gasteiger partial charge >= 0.3 is 5.97 Å². The van der Waals surface area contributed by atoms with E-state index in [1.807, 2.05) is 123 Å². The quantitative estimate of drug-likeness (QED) is 0.193. The van der Waals surface area contributed by atoms with Crippen LogP contribution < -0.4 is 10.2 Å². The lowest BCUT2D eigenvalue weighted by atomic mass is 9.85. The fourth-order valence-corrected chi connectivity index (χ4v) is 5.68. The smallest absolute Gasteiger partial charge is 0.337 e. The average molecular weight is 686 g/mol. The van der Waals surface area contributed by atoms with Gasteiger partial charge in [0.05, 0.1) is 6.54 Å². The molecule has 1 aliphatic rings. The Morgan fingerprint density at radius 2 is 1.44 bits per heavy atom. The summed E-state index contributed by atoms with van der Waals surface area (Å²) in [6.07, 6.45) is 1.70. The van der Waals surface area contributed by atoms with Gasteiger partial charge in [-0.05, 0) is 52.1 Å². The predicted molar refractivity (Wildman–Crippen MR) is 200 cm³/mol. The molecule has 50 heavy (non-hydrogen) atoms. The third-order valence-electron chi connectivity index (χ3n) is 8.12. The second-order valence-corrected chi connectivity index (χ2v) is 13.6. The number of carbonyl (C=O) groups is 4. The maximum atomic E-state index is 14.4. The van der Waals surface area contributed by atoms with Gasteiger partial charge in [-0.1, -0.05) is 135 Å². The van der Waals surface area contributed by atoms with Crippen molar-refractivity contribution in [3.63, 3.8) is 0 Å². The van der Waals surface area contributed by atoms with E-state index < -0.39 is 35.5 Å². The van der Waals surface area contributed by atoms with Crippen LogP contribution in [0.1, 0.15) is 91.5 Å². The normalized spacial score (nSPS) is 16.2. The van der Waals surface area contributed by atoms with E-state index in [-0.39, 0.29) is 22.8 Å². The van der Waals surface area contributed by atoms with Gasteiger partial charge in [-0.15, -0.1) is 0 Å². The van der Waals surface area contributed by atoms with Crippen LogP contribution in [0, 0.1) is 10.8 Å². The number of nitrogens with one attached hydrogen (secondary N) is 1. The molecule has 0 saturated carbocycles. The zero-order valence-corrected chi connectivity index (χ0v) is 31.0. The summed E-state index contributed by atoms with van der Waals surface area (Å²) in [5, 5.41) is 21.6. The van der Waals surface area contributed by atoms with Crippen molar-refractivity contribution < 1.29 is 29.4 Å². The molecule has 3 aromatic rings. The molecule has 1 saturated heterocycles. The summed E-state index contributed by atoms with van der Waals surface area (Å²) in [7, 11) is 0. The highest BCUT2D eigenvalue weighted by atomic mass is 16.4. The van der Waals surface area contributed by atoms with Crippen LogP contribution in [-0.4, -0.2) is 57.4 Å². The Morgan fingerprint density at radius 3 is 1.96 bits per heavy atom. The number of hydrogen-bond donors (Lipinski definition) is 3.